The normalized spacial score (nSPS) is 28.4. The van der Waals surface area contributed by atoms with Gasteiger partial charge >= 0.3 is 0 Å². The number of hydrogen-bond donors (Lipinski definition) is 1. The molecule has 1 aromatic rings. The molecule has 3 rings (SSSR count). The number of nitrogens with zero attached hydrogens (tertiary/aromatic N) is 4. The average Bonchev–Trinajstić information content (AvgIpc) is 2.78. The lowest BCUT2D eigenvalue weighted by Gasteiger charge is -2.33. The lowest BCUT2D eigenvalue weighted by atomic mass is 10.1. The first-order chi connectivity index (χ1) is 8.66. The van der Waals surface area contributed by atoms with Crippen molar-refractivity contribution in [3.05, 3.63) is 11.3 Å². The van der Waals surface area contributed by atoms with Gasteiger partial charge in [0.2, 0.25) is 0 Å². The lowest BCUT2D eigenvalue weighted by molar-refractivity contribution is -0.0362. The van der Waals surface area contributed by atoms with Crippen LogP contribution >= 0.6 is 11.6 Å². The minimum absolute atomic E-state index is 0.219. The quantitative estimate of drug-likeness (QED) is 0.787. The molecular weight excluding hydrogens is 254 g/mol. The van der Waals surface area contributed by atoms with Gasteiger partial charge in [0.15, 0.2) is 5.82 Å². The molecule has 2 saturated heterocycles. The van der Waals surface area contributed by atoms with Gasteiger partial charge in [-0.25, -0.2) is 9.97 Å². The smallest absolute Gasteiger partial charge is 0.153 e. The van der Waals surface area contributed by atoms with E-state index < -0.39 is 0 Å². The predicted molar refractivity (Wildman–Crippen MR) is 69.8 cm³/mol. The van der Waals surface area contributed by atoms with Crippen molar-refractivity contribution in [2.45, 2.75) is 12.1 Å². The summed E-state index contributed by atoms with van der Waals surface area (Å²) < 4.78 is 5.79. The van der Waals surface area contributed by atoms with Crippen LogP contribution in [-0.2, 0) is 4.74 Å². The van der Waals surface area contributed by atoms with Crippen LogP contribution in [0.2, 0.25) is 5.02 Å². The molecule has 3 heterocycles. The molecule has 98 valence electrons. The number of morpholine rings is 1. The minimum Gasteiger partial charge on any atom is -0.382 e. The topological polar surface area (TPSA) is 67.5 Å². The second kappa shape index (κ2) is 4.53. The third-order valence-corrected chi connectivity index (χ3v) is 4.04. The van der Waals surface area contributed by atoms with E-state index in [2.05, 4.69) is 26.8 Å². The van der Waals surface area contributed by atoms with Gasteiger partial charge in [0.25, 0.3) is 0 Å². The van der Waals surface area contributed by atoms with Crippen LogP contribution in [0.5, 0.6) is 0 Å². The Hall–Kier alpha value is -1.11. The Balaban J connectivity index is 1.85. The number of rotatable bonds is 1. The summed E-state index contributed by atoms with van der Waals surface area (Å²) in [5.41, 5.74) is 5.71. The van der Waals surface area contributed by atoms with Gasteiger partial charge in [-0.05, 0) is 7.05 Å². The average molecular weight is 270 g/mol. The number of fused-ring (bicyclic) bond motifs is 1. The highest BCUT2D eigenvalue weighted by atomic mass is 35.5. The number of hydrogen-bond acceptors (Lipinski definition) is 6. The molecule has 0 radical (unpaired) electrons. The maximum atomic E-state index is 6.16. The van der Waals surface area contributed by atoms with E-state index >= 15 is 0 Å². The summed E-state index contributed by atoms with van der Waals surface area (Å²) in [4.78, 5) is 12.6. The predicted octanol–water partition coefficient (Wildman–Crippen LogP) is 0.231. The van der Waals surface area contributed by atoms with E-state index in [0.717, 1.165) is 26.2 Å². The number of nitrogens with two attached hydrogens (primary N) is 1. The standard InChI is InChI=1S/C11H16ClN5O/c1-16-2-3-18-8-5-17(4-7(8)16)11-9(12)10(13)14-6-15-11/h6-8H,2-5H2,1H3,(H2,13,14,15)/t7-,8+/m0/s1. The Morgan fingerprint density at radius 2 is 2.28 bits per heavy atom. The van der Waals surface area contributed by atoms with Crippen molar-refractivity contribution in [1.82, 2.24) is 14.9 Å². The molecule has 2 aliphatic rings. The number of anilines is 2. The molecule has 2 atom stereocenters. The van der Waals surface area contributed by atoms with Crippen LogP contribution in [0.4, 0.5) is 11.6 Å². The van der Waals surface area contributed by atoms with E-state index in [9.17, 15) is 0 Å². The van der Waals surface area contributed by atoms with Crippen molar-refractivity contribution in [3.63, 3.8) is 0 Å². The zero-order chi connectivity index (χ0) is 12.7. The summed E-state index contributed by atoms with van der Waals surface area (Å²) in [7, 11) is 2.12. The van der Waals surface area contributed by atoms with Gasteiger partial charge in [-0.15, -0.1) is 0 Å². The van der Waals surface area contributed by atoms with Crippen LogP contribution in [0.25, 0.3) is 0 Å². The van der Waals surface area contributed by atoms with Crippen molar-refractivity contribution in [2.75, 3.05) is 43.9 Å². The van der Waals surface area contributed by atoms with Gasteiger partial charge in [0.05, 0.1) is 18.8 Å². The molecule has 6 nitrogen and oxygen atoms in total. The Bertz CT molecular complexity index is 457. The fraction of sp³-hybridized carbons (Fsp3) is 0.636. The summed E-state index contributed by atoms with van der Waals surface area (Å²) in [5, 5.41) is 0.429. The molecule has 0 saturated carbocycles. The van der Waals surface area contributed by atoms with E-state index in [1.54, 1.807) is 0 Å². The van der Waals surface area contributed by atoms with Gasteiger partial charge < -0.3 is 15.4 Å². The number of ether oxygens (including phenoxy) is 1. The van der Waals surface area contributed by atoms with Gasteiger partial charge in [-0.2, -0.15) is 0 Å². The molecule has 18 heavy (non-hydrogen) atoms. The summed E-state index contributed by atoms with van der Waals surface area (Å²) in [6.45, 7) is 3.41. The number of likely N-dealkylation sites (N-methyl/N-ethyl adjacent to an activating group) is 1. The van der Waals surface area contributed by atoms with Crippen LogP contribution in [0.1, 0.15) is 0 Å². The van der Waals surface area contributed by atoms with Crippen molar-refractivity contribution < 1.29 is 4.74 Å². The Kier molecular flexibility index (Phi) is 3.01. The van der Waals surface area contributed by atoms with Crippen molar-refractivity contribution in [2.24, 2.45) is 0 Å². The first-order valence-corrected chi connectivity index (χ1v) is 6.37. The zero-order valence-electron chi connectivity index (χ0n) is 10.2. The number of nitrogen functional groups attached to an aromatic ring is 1. The minimum atomic E-state index is 0.219. The summed E-state index contributed by atoms with van der Waals surface area (Å²) >= 11 is 6.16. The number of aromatic nitrogens is 2. The summed E-state index contributed by atoms with van der Waals surface area (Å²) in [5.74, 6) is 1.03. The molecule has 0 aromatic carbocycles. The third kappa shape index (κ3) is 1.90. The van der Waals surface area contributed by atoms with Gasteiger partial charge in [-0.3, -0.25) is 4.90 Å². The Morgan fingerprint density at radius 3 is 3.06 bits per heavy atom. The molecular formula is C11H16ClN5O. The molecule has 2 fully saturated rings. The van der Waals surface area contributed by atoms with E-state index in [-0.39, 0.29) is 6.10 Å². The highest BCUT2D eigenvalue weighted by Gasteiger charge is 2.39. The van der Waals surface area contributed by atoms with Gasteiger partial charge in [-0.1, -0.05) is 11.6 Å². The lowest BCUT2D eigenvalue weighted by Crippen LogP contribution is -2.48. The molecule has 2 aliphatic heterocycles. The van der Waals surface area contributed by atoms with Crippen LogP contribution < -0.4 is 10.6 Å². The maximum Gasteiger partial charge on any atom is 0.153 e. The van der Waals surface area contributed by atoms with E-state index in [0.29, 0.717) is 22.7 Å². The third-order valence-electron chi connectivity index (χ3n) is 3.68. The molecule has 0 amide bonds. The largest absolute Gasteiger partial charge is 0.382 e. The summed E-state index contributed by atoms with van der Waals surface area (Å²) in [6, 6.07) is 0.394. The molecule has 0 spiro atoms. The maximum absolute atomic E-state index is 6.16. The Morgan fingerprint density at radius 1 is 1.44 bits per heavy atom. The fourth-order valence-corrected chi connectivity index (χ4v) is 2.84. The van der Waals surface area contributed by atoms with Crippen molar-refractivity contribution >= 4 is 23.2 Å². The van der Waals surface area contributed by atoms with Crippen LogP contribution in [0, 0.1) is 0 Å². The second-order valence-corrected chi connectivity index (χ2v) is 5.14. The van der Waals surface area contributed by atoms with Crippen LogP contribution in [0.3, 0.4) is 0 Å². The highest BCUT2D eigenvalue weighted by Crippen LogP contribution is 2.31. The molecule has 0 aliphatic carbocycles. The molecule has 2 N–H and O–H groups in total. The van der Waals surface area contributed by atoms with Crippen LogP contribution in [-0.4, -0.2) is 60.3 Å². The van der Waals surface area contributed by atoms with Crippen molar-refractivity contribution in [1.29, 1.82) is 0 Å². The van der Waals surface area contributed by atoms with E-state index in [1.807, 2.05) is 0 Å². The SMILES string of the molecule is CN1CCO[C@@H]2CN(c3ncnc(N)c3Cl)C[C@@H]21. The summed E-state index contributed by atoms with van der Waals surface area (Å²) in [6.07, 6.45) is 1.67. The van der Waals surface area contributed by atoms with Gasteiger partial charge in [0.1, 0.15) is 17.2 Å². The highest BCUT2D eigenvalue weighted by molar-refractivity contribution is 6.35. The monoisotopic (exact) mass is 269 g/mol. The molecule has 0 bridgehead atoms. The molecule has 7 heteroatoms. The van der Waals surface area contributed by atoms with Crippen LogP contribution in [0.15, 0.2) is 6.33 Å². The van der Waals surface area contributed by atoms with Gasteiger partial charge in [0, 0.05) is 19.6 Å². The first-order valence-electron chi connectivity index (χ1n) is 5.99. The van der Waals surface area contributed by atoms with Crippen molar-refractivity contribution in [3.8, 4) is 0 Å². The molecule has 1 aromatic heterocycles. The number of halogens is 1. The zero-order valence-corrected chi connectivity index (χ0v) is 11.0. The molecule has 0 unspecified atom stereocenters. The second-order valence-electron chi connectivity index (χ2n) is 4.76. The van der Waals surface area contributed by atoms with E-state index in [1.165, 1.54) is 6.33 Å². The van der Waals surface area contributed by atoms with E-state index in [4.69, 9.17) is 22.1 Å². The Labute approximate surface area is 111 Å². The fourth-order valence-electron chi connectivity index (χ4n) is 2.62. The first kappa shape index (κ1) is 12.0.